The summed E-state index contributed by atoms with van der Waals surface area (Å²) in [6.45, 7) is 2.13. The van der Waals surface area contributed by atoms with Crippen molar-refractivity contribution in [1.82, 2.24) is 0 Å². The van der Waals surface area contributed by atoms with Gasteiger partial charge in [-0.05, 0) is 44.4 Å². The maximum absolute atomic E-state index is 5.99. The summed E-state index contributed by atoms with van der Waals surface area (Å²) in [5, 5.41) is 1.25. The maximum Gasteiger partial charge on any atom is 0.134 e. The molecule has 1 aliphatic carbocycles. The lowest BCUT2D eigenvalue weighted by molar-refractivity contribution is 0.394. The molecule has 0 bridgehead atoms. The van der Waals surface area contributed by atoms with Crippen LogP contribution in [0.5, 0.6) is 0 Å². The molecule has 1 nitrogen and oxygen atoms in total. The van der Waals surface area contributed by atoms with Gasteiger partial charge in [0.25, 0.3) is 0 Å². The molecule has 1 aromatic carbocycles. The topological polar surface area (TPSA) is 13.1 Å². The predicted octanol–water partition coefficient (Wildman–Crippen LogP) is 5.16. The van der Waals surface area contributed by atoms with E-state index in [2.05, 4.69) is 47.1 Å². The van der Waals surface area contributed by atoms with Crippen LogP contribution >= 0.6 is 15.9 Å². The zero-order valence-electron chi connectivity index (χ0n) is 10.1. The SMILES string of the molecule is Cc1ccc2oc(C3CCCC(Br)C3)cc2c1. The Balaban J connectivity index is 1.94. The zero-order valence-corrected chi connectivity index (χ0v) is 11.7. The summed E-state index contributed by atoms with van der Waals surface area (Å²) in [6, 6.07) is 8.64. The maximum atomic E-state index is 5.99. The molecule has 2 atom stereocenters. The quantitative estimate of drug-likeness (QED) is 0.662. The molecule has 2 unspecified atom stereocenters. The van der Waals surface area contributed by atoms with E-state index in [1.54, 1.807) is 0 Å². The fraction of sp³-hybridized carbons (Fsp3) is 0.467. The first-order valence-corrected chi connectivity index (χ1v) is 7.28. The second-order valence-electron chi connectivity index (χ2n) is 5.15. The standard InChI is InChI=1S/C15H17BrO/c1-10-5-6-14-12(7-10)9-15(17-14)11-3-2-4-13(16)8-11/h5-7,9,11,13H,2-4,8H2,1H3. The van der Waals surface area contributed by atoms with Crippen molar-refractivity contribution >= 4 is 26.9 Å². The average Bonchev–Trinajstić information content (AvgIpc) is 2.72. The van der Waals surface area contributed by atoms with E-state index in [-0.39, 0.29) is 0 Å². The molecule has 2 heteroatoms. The van der Waals surface area contributed by atoms with E-state index in [0.29, 0.717) is 10.7 Å². The van der Waals surface area contributed by atoms with Crippen LogP contribution in [0.25, 0.3) is 11.0 Å². The number of furan rings is 1. The molecule has 1 aliphatic rings. The monoisotopic (exact) mass is 292 g/mol. The van der Waals surface area contributed by atoms with E-state index in [0.717, 1.165) is 5.58 Å². The van der Waals surface area contributed by atoms with Crippen LogP contribution in [0.2, 0.25) is 0 Å². The second-order valence-corrected chi connectivity index (χ2v) is 6.45. The van der Waals surface area contributed by atoms with Crippen molar-refractivity contribution < 1.29 is 4.42 Å². The van der Waals surface area contributed by atoms with Crippen LogP contribution in [0.3, 0.4) is 0 Å². The normalized spacial score (nSPS) is 25.3. The molecule has 0 N–H and O–H groups in total. The Kier molecular flexibility index (Phi) is 2.99. The molecular formula is C15H17BrO. The van der Waals surface area contributed by atoms with E-state index in [4.69, 9.17) is 4.42 Å². The number of hydrogen-bond donors (Lipinski definition) is 0. The average molecular weight is 293 g/mol. The van der Waals surface area contributed by atoms with Gasteiger partial charge in [-0.3, -0.25) is 0 Å². The van der Waals surface area contributed by atoms with Gasteiger partial charge in [0.2, 0.25) is 0 Å². The summed E-state index contributed by atoms with van der Waals surface area (Å²) in [4.78, 5) is 0.663. The van der Waals surface area contributed by atoms with Gasteiger partial charge in [0, 0.05) is 16.1 Å². The van der Waals surface area contributed by atoms with Gasteiger partial charge in [0.05, 0.1) is 0 Å². The Morgan fingerprint density at radius 2 is 2.12 bits per heavy atom. The van der Waals surface area contributed by atoms with Gasteiger partial charge < -0.3 is 4.42 Å². The minimum Gasteiger partial charge on any atom is -0.461 e. The highest BCUT2D eigenvalue weighted by Crippen LogP contribution is 2.38. The van der Waals surface area contributed by atoms with Gasteiger partial charge in [0.15, 0.2) is 0 Å². The second kappa shape index (κ2) is 4.49. The van der Waals surface area contributed by atoms with Crippen molar-refractivity contribution in [3.8, 4) is 0 Å². The molecule has 1 fully saturated rings. The predicted molar refractivity (Wildman–Crippen MR) is 74.9 cm³/mol. The van der Waals surface area contributed by atoms with Crippen LogP contribution in [0, 0.1) is 6.92 Å². The van der Waals surface area contributed by atoms with Gasteiger partial charge in [-0.2, -0.15) is 0 Å². The third kappa shape index (κ3) is 2.28. The largest absolute Gasteiger partial charge is 0.461 e. The van der Waals surface area contributed by atoms with Crippen LogP contribution in [0.1, 0.15) is 42.9 Å². The van der Waals surface area contributed by atoms with E-state index < -0.39 is 0 Å². The van der Waals surface area contributed by atoms with Crippen molar-refractivity contribution in [2.45, 2.75) is 43.4 Å². The third-order valence-corrected chi connectivity index (χ3v) is 4.54. The highest BCUT2D eigenvalue weighted by molar-refractivity contribution is 9.09. The lowest BCUT2D eigenvalue weighted by Crippen LogP contribution is -2.12. The number of halogens is 1. The summed E-state index contributed by atoms with van der Waals surface area (Å²) in [5.74, 6) is 1.77. The van der Waals surface area contributed by atoms with Crippen molar-refractivity contribution in [2.24, 2.45) is 0 Å². The van der Waals surface area contributed by atoms with Crippen LogP contribution < -0.4 is 0 Å². The molecule has 1 saturated carbocycles. The third-order valence-electron chi connectivity index (χ3n) is 3.70. The van der Waals surface area contributed by atoms with Gasteiger partial charge in [-0.25, -0.2) is 0 Å². The Labute approximate surface area is 110 Å². The van der Waals surface area contributed by atoms with Crippen molar-refractivity contribution in [1.29, 1.82) is 0 Å². The molecule has 1 heterocycles. The zero-order chi connectivity index (χ0) is 11.8. The molecule has 90 valence electrons. The molecule has 3 rings (SSSR count). The van der Waals surface area contributed by atoms with E-state index in [9.17, 15) is 0 Å². The van der Waals surface area contributed by atoms with E-state index >= 15 is 0 Å². The van der Waals surface area contributed by atoms with Gasteiger partial charge >= 0.3 is 0 Å². The number of hydrogen-bond acceptors (Lipinski definition) is 1. The van der Waals surface area contributed by atoms with Crippen LogP contribution in [-0.2, 0) is 0 Å². The Hall–Kier alpha value is -0.760. The van der Waals surface area contributed by atoms with Gasteiger partial charge in [-0.1, -0.05) is 34.0 Å². The van der Waals surface area contributed by atoms with E-state index in [1.165, 1.54) is 42.4 Å². The molecule has 0 spiro atoms. The van der Waals surface area contributed by atoms with Crippen LogP contribution in [0.4, 0.5) is 0 Å². The number of fused-ring (bicyclic) bond motifs is 1. The molecule has 0 aliphatic heterocycles. The minimum atomic E-state index is 0.598. The molecule has 17 heavy (non-hydrogen) atoms. The van der Waals surface area contributed by atoms with Crippen LogP contribution in [0.15, 0.2) is 28.7 Å². The van der Waals surface area contributed by atoms with Crippen molar-refractivity contribution in [3.05, 3.63) is 35.6 Å². The highest BCUT2D eigenvalue weighted by atomic mass is 79.9. The number of rotatable bonds is 1. The summed E-state index contributed by atoms with van der Waals surface area (Å²) < 4.78 is 5.99. The molecule has 0 radical (unpaired) electrons. The minimum absolute atomic E-state index is 0.598. The summed E-state index contributed by atoms with van der Waals surface area (Å²) in [7, 11) is 0. The van der Waals surface area contributed by atoms with Gasteiger partial charge in [0.1, 0.15) is 11.3 Å². The summed E-state index contributed by atoms with van der Waals surface area (Å²) in [6.07, 6.45) is 5.08. The lowest BCUT2D eigenvalue weighted by Gasteiger charge is -2.23. The summed E-state index contributed by atoms with van der Waals surface area (Å²) >= 11 is 3.74. The van der Waals surface area contributed by atoms with Crippen molar-refractivity contribution in [2.75, 3.05) is 0 Å². The first-order valence-electron chi connectivity index (χ1n) is 6.36. The molecule has 1 aromatic heterocycles. The van der Waals surface area contributed by atoms with Crippen molar-refractivity contribution in [3.63, 3.8) is 0 Å². The molecule has 0 saturated heterocycles. The number of aryl methyl sites for hydroxylation is 1. The highest BCUT2D eigenvalue weighted by Gasteiger charge is 2.24. The molecule has 2 aromatic rings. The van der Waals surface area contributed by atoms with E-state index in [1.807, 2.05) is 0 Å². The Bertz CT molecular complexity index is 529. The summed E-state index contributed by atoms with van der Waals surface area (Å²) in [5.41, 5.74) is 2.33. The van der Waals surface area contributed by atoms with Crippen LogP contribution in [-0.4, -0.2) is 4.83 Å². The fourth-order valence-corrected chi connectivity index (χ4v) is 3.55. The lowest BCUT2D eigenvalue weighted by atomic mass is 9.87. The van der Waals surface area contributed by atoms with Gasteiger partial charge in [-0.15, -0.1) is 0 Å². The first kappa shape index (κ1) is 11.3. The number of benzene rings is 1. The molecule has 0 amide bonds. The Morgan fingerprint density at radius 3 is 2.94 bits per heavy atom. The first-order chi connectivity index (χ1) is 8.22. The number of alkyl halides is 1. The molecular weight excluding hydrogens is 276 g/mol. The Morgan fingerprint density at radius 1 is 1.24 bits per heavy atom. The fourth-order valence-electron chi connectivity index (χ4n) is 2.77. The smallest absolute Gasteiger partial charge is 0.134 e.